The smallest absolute Gasteiger partial charge is 0.130 e. The van der Waals surface area contributed by atoms with Crippen molar-refractivity contribution in [3.8, 4) is 6.07 Å². The molecule has 0 saturated carbocycles. The van der Waals surface area contributed by atoms with Crippen LogP contribution < -0.4 is 10.2 Å². The van der Waals surface area contributed by atoms with Crippen molar-refractivity contribution in [3.05, 3.63) is 42.2 Å². The largest absolute Gasteiger partial charge is 0.378 e. The molecule has 21 heavy (non-hydrogen) atoms. The molecule has 0 radical (unpaired) electrons. The average Bonchev–Trinajstić information content (AvgIpc) is 2.57. The first-order valence-electron chi connectivity index (χ1n) is 6.77. The standard InChI is InChI=1S/C15H15N5O/c16-9-12-1-3-14(17-10-12)19-13-2-4-15(18-11-13)20-5-7-21-8-6-20/h1-4,10-11H,5-8H2,(H,17,19). The highest BCUT2D eigenvalue weighted by molar-refractivity contribution is 5.57. The van der Waals surface area contributed by atoms with Crippen LogP contribution in [0.2, 0.25) is 0 Å². The molecule has 0 aromatic carbocycles. The summed E-state index contributed by atoms with van der Waals surface area (Å²) >= 11 is 0. The summed E-state index contributed by atoms with van der Waals surface area (Å²) in [7, 11) is 0. The van der Waals surface area contributed by atoms with E-state index < -0.39 is 0 Å². The Hall–Kier alpha value is -2.65. The molecule has 2 aromatic heterocycles. The fourth-order valence-corrected chi connectivity index (χ4v) is 2.12. The maximum atomic E-state index is 8.74. The molecule has 0 unspecified atom stereocenters. The maximum absolute atomic E-state index is 8.74. The maximum Gasteiger partial charge on any atom is 0.130 e. The number of pyridine rings is 2. The van der Waals surface area contributed by atoms with E-state index in [-0.39, 0.29) is 0 Å². The minimum absolute atomic E-state index is 0.543. The van der Waals surface area contributed by atoms with Crippen LogP contribution in [0.5, 0.6) is 0 Å². The van der Waals surface area contributed by atoms with Crippen molar-refractivity contribution < 1.29 is 4.74 Å². The van der Waals surface area contributed by atoms with E-state index in [1.165, 1.54) is 6.20 Å². The first-order valence-corrected chi connectivity index (χ1v) is 6.77. The molecule has 3 rings (SSSR count). The van der Waals surface area contributed by atoms with Gasteiger partial charge in [-0.25, -0.2) is 9.97 Å². The zero-order valence-corrected chi connectivity index (χ0v) is 11.5. The number of nitriles is 1. The number of hydrogen-bond acceptors (Lipinski definition) is 6. The Balaban J connectivity index is 1.67. The third-order valence-corrected chi connectivity index (χ3v) is 3.25. The van der Waals surface area contributed by atoms with Crippen LogP contribution in [-0.2, 0) is 4.74 Å². The lowest BCUT2D eigenvalue weighted by atomic mass is 10.3. The highest BCUT2D eigenvalue weighted by atomic mass is 16.5. The van der Waals surface area contributed by atoms with Crippen molar-refractivity contribution in [1.82, 2.24) is 9.97 Å². The van der Waals surface area contributed by atoms with Crippen LogP contribution in [0.4, 0.5) is 17.3 Å². The van der Waals surface area contributed by atoms with Gasteiger partial charge < -0.3 is 15.0 Å². The zero-order valence-electron chi connectivity index (χ0n) is 11.5. The fourth-order valence-electron chi connectivity index (χ4n) is 2.12. The molecule has 0 atom stereocenters. The van der Waals surface area contributed by atoms with Gasteiger partial charge in [-0.2, -0.15) is 5.26 Å². The highest BCUT2D eigenvalue weighted by Crippen LogP contribution is 2.18. The van der Waals surface area contributed by atoms with E-state index in [0.717, 1.165) is 37.8 Å². The van der Waals surface area contributed by atoms with Crippen LogP contribution in [0.15, 0.2) is 36.7 Å². The van der Waals surface area contributed by atoms with Crippen molar-refractivity contribution in [1.29, 1.82) is 5.26 Å². The van der Waals surface area contributed by atoms with Crippen molar-refractivity contribution >= 4 is 17.3 Å². The minimum Gasteiger partial charge on any atom is -0.378 e. The molecule has 1 aliphatic rings. The fraction of sp³-hybridized carbons (Fsp3) is 0.267. The van der Waals surface area contributed by atoms with Gasteiger partial charge in [-0.3, -0.25) is 0 Å². The van der Waals surface area contributed by atoms with Gasteiger partial charge in [0.1, 0.15) is 17.7 Å². The monoisotopic (exact) mass is 281 g/mol. The van der Waals surface area contributed by atoms with Gasteiger partial charge in [-0.1, -0.05) is 0 Å². The predicted molar refractivity (Wildman–Crippen MR) is 79.5 cm³/mol. The second-order valence-corrected chi connectivity index (χ2v) is 4.67. The second kappa shape index (κ2) is 6.20. The van der Waals surface area contributed by atoms with Gasteiger partial charge in [0.05, 0.1) is 30.7 Å². The Kier molecular flexibility index (Phi) is 3.94. The first kappa shape index (κ1) is 13.3. The molecule has 0 bridgehead atoms. The minimum atomic E-state index is 0.543. The summed E-state index contributed by atoms with van der Waals surface area (Å²) < 4.78 is 5.33. The lowest BCUT2D eigenvalue weighted by Crippen LogP contribution is -2.36. The summed E-state index contributed by atoms with van der Waals surface area (Å²) in [6, 6.07) is 9.50. The number of nitrogens with one attached hydrogen (secondary N) is 1. The Morgan fingerprint density at radius 1 is 1.10 bits per heavy atom. The topological polar surface area (TPSA) is 74.1 Å². The normalized spacial score (nSPS) is 14.5. The summed E-state index contributed by atoms with van der Waals surface area (Å²) in [5.74, 6) is 1.64. The Labute approximate surface area is 123 Å². The van der Waals surface area contributed by atoms with Crippen LogP contribution in [0, 0.1) is 11.3 Å². The molecule has 0 spiro atoms. The van der Waals surface area contributed by atoms with Crippen molar-refractivity contribution in [2.24, 2.45) is 0 Å². The van der Waals surface area contributed by atoms with Crippen LogP contribution in [0.3, 0.4) is 0 Å². The lowest BCUT2D eigenvalue weighted by Gasteiger charge is -2.27. The molecule has 2 aromatic rings. The van der Waals surface area contributed by atoms with Gasteiger partial charge in [-0.15, -0.1) is 0 Å². The third kappa shape index (κ3) is 3.27. The molecule has 6 heteroatoms. The summed E-state index contributed by atoms with van der Waals surface area (Å²) in [6.45, 7) is 3.24. The van der Waals surface area contributed by atoms with E-state index in [9.17, 15) is 0 Å². The van der Waals surface area contributed by atoms with Gasteiger partial charge in [0, 0.05) is 19.3 Å². The van der Waals surface area contributed by atoms with Gasteiger partial charge in [0.15, 0.2) is 0 Å². The Bertz CT molecular complexity index is 627. The molecule has 6 nitrogen and oxygen atoms in total. The van der Waals surface area contributed by atoms with Gasteiger partial charge in [0.25, 0.3) is 0 Å². The van der Waals surface area contributed by atoms with Crippen LogP contribution in [0.1, 0.15) is 5.56 Å². The molecule has 3 heterocycles. The van der Waals surface area contributed by atoms with E-state index in [2.05, 4.69) is 20.2 Å². The SMILES string of the molecule is N#Cc1ccc(Nc2ccc(N3CCOCC3)nc2)nc1. The summed E-state index contributed by atoms with van der Waals surface area (Å²) in [5, 5.41) is 11.9. The van der Waals surface area contributed by atoms with Crippen LogP contribution in [0.25, 0.3) is 0 Å². The van der Waals surface area contributed by atoms with E-state index >= 15 is 0 Å². The van der Waals surface area contributed by atoms with Crippen molar-refractivity contribution in [3.63, 3.8) is 0 Å². The van der Waals surface area contributed by atoms with E-state index in [1.54, 1.807) is 18.3 Å². The summed E-state index contributed by atoms with van der Waals surface area (Å²) in [4.78, 5) is 10.8. The quantitative estimate of drug-likeness (QED) is 0.926. The number of anilines is 3. The van der Waals surface area contributed by atoms with Gasteiger partial charge in [-0.05, 0) is 24.3 Å². The number of aromatic nitrogens is 2. The number of rotatable bonds is 3. The molecular weight excluding hydrogens is 266 g/mol. The Morgan fingerprint density at radius 2 is 1.95 bits per heavy atom. The summed E-state index contributed by atoms with van der Waals surface area (Å²) in [5.41, 5.74) is 1.41. The first-order chi connectivity index (χ1) is 10.3. The molecule has 1 aliphatic heterocycles. The molecule has 0 aliphatic carbocycles. The number of nitrogens with zero attached hydrogens (tertiary/aromatic N) is 4. The number of hydrogen-bond donors (Lipinski definition) is 1. The number of ether oxygens (including phenoxy) is 1. The molecule has 1 fully saturated rings. The molecular formula is C15H15N5O. The Morgan fingerprint density at radius 3 is 2.57 bits per heavy atom. The van der Waals surface area contributed by atoms with Gasteiger partial charge in [0.2, 0.25) is 0 Å². The molecule has 1 N–H and O–H groups in total. The lowest BCUT2D eigenvalue weighted by molar-refractivity contribution is 0.122. The number of morpholine rings is 1. The predicted octanol–water partition coefficient (Wildman–Crippen LogP) is 1.93. The third-order valence-electron chi connectivity index (χ3n) is 3.25. The molecule has 0 amide bonds. The van der Waals surface area contributed by atoms with E-state index in [1.807, 2.05) is 18.2 Å². The van der Waals surface area contributed by atoms with Crippen LogP contribution in [-0.4, -0.2) is 36.3 Å². The van der Waals surface area contributed by atoms with Crippen molar-refractivity contribution in [2.45, 2.75) is 0 Å². The van der Waals surface area contributed by atoms with Crippen molar-refractivity contribution in [2.75, 3.05) is 36.5 Å². The molecule has 106 valence electrons. The summed E-state index contributed by atoms with van der Waals surface area (Å²) in [6.07, 6.45) is 3.32. The van der Waals surface area contributed by atoms with E-state index in [0.29, 0.717) is 11.4 Å². The molecule has 1 saturated heterocycles. The highest BCUT2D eigenvalue weighted by Gasteiger charge is 2.11. The van der Waals surface area contributed by atoms with Gasteiger partial charge >= 0.3 is 0 Å². The average molecular weight is 281 g/mol. The van der Waals surface area contributed by atoms with Crippen LogP contribution >= 0.6 is 0 Å². The van der Waals surface area contributed by atoms with E-state index in [4.69, 9.17) is 10.00 Å². The zero-order chi connectivity index (χ0) is 14.5. The second-order valence-electron chi connectivity index (χ2n) is 4.67.